The molecule has 1 saturated heterocycles. The second-order valence-electron chi connectivity index (χ2n) is 4.81. The molecule has 1 aromatic rings. The van der Waals surface area contributed by atoms with Gasteiger partial charge < -0.3 is 9.64 Å². The fourth-order valence-corrected chi connectivity index (χ4v) is 4.80. The van der Waals surface area contributed by atoms with Gasteiger partial charge in [0, 0.05) is 39.9 Å². The zero-order valence-electron chi connectivity index (χ0n) is 12.2. The maximum Gasteiger partial charge on any atom is 0.214 e. The van der Waals surface area contributed by atoms with Crippen molar-refractivity contribution in [1.82, 2.24) is 8.68 Å². The first kappa shape index (κ1) is 17.4. The number of hydrogen-bond acceptors (Lipinski definition) is 7. The lowest BCUT2D eigenvalue weighted by Gasteiger charge is -2.34. The molecular weight excluding hydrogens is 348 g/mol. The number of hydrogen-bond donors (Lipinski definition) is 0. The minimum atomic E-state index is -3.25. The average Bonchev–Trinajstić information content (AvgIpc) is 2.88. The molecule has 10 heteroatoms. The average molecular weight is 365 g/mol. The second kappa shape index (κ2) is 7.57. The standard InChI is InChI=1S/C12H17ClN4O3S2/c1-20-7-2-8-22(18,19)17-5-3-16(4-6-17)12-10(9-14)11(13)15-21-12/h2-8H2,1H3. The molecule has 0 unspecified atom stereocenters. The zero-order chi connectivity index (χ0) is 16.2. The van der Waals surface area contributed by atoms with E-state index in [9.17, 15) is 8.42 Å². The molecule has 0 radical (unpaired) electrons. The Kier molecular flexibility index (Phi) is 6.00. The number of rotatable bonds is 6. The largest absolute Gasteiger partial charge is 0.385 e. The molecule has 0 atom stereocenters. The third-order valence-corrected chi connectivity index (χ3v) is 6.65. The zero-order valence-corrected chi connectivity index (χ0v) is 14.5. The molecule has 2 heterocycles. The van der Waals surface area contributed by atoms with Gasteiger partial charge in [0.1, 0.15) is 16.6 Å². The Hall–Kier alpha value is -0.920. The summed E-state index contributed by atoms with van der Waals surface area (Å²) in [4.78, 5) is 1.96. The lowest BCUT2D eigenvalue weighted by atomic mass is 10.3. The fraction of sp³-hybridized carbons (Fsp3) is 0.667. The van der Waals surface area contributed by atoms with Crippen molar-refractivity contribution in [3.05, 3.63) is 10.7 Å². The summed E-state index contributed by atoms with van der Waals surface area (Å²) >= 11 is 7.04. The highest BCUT2D eigenvalue weighted by Crippen LogP contribution is 2.31. The topological polar surface area (TPSA) is 86.5 Å². The molecule has 0 saturated carbocycles. The quantitative estimate of drug-likeness (QED) is 0.704. The molecular formula is C12H17ClN4O3S2. The Labute approximate surface area is 139 Å². The molecule has 1 aliphatic heterocycles. The molecule has 0 aromatic carbocycles. The van der Waals surface area contributed by atoms with Gasteiger partial charge in [0.25, 0.3) is 0 Å². The molecule has 1 aromatic heterocycles. The second-order valence-corrected chi connectivity index (χ2v) is 8.01. The van der Waals surface area contributed by atoms with Gasteiger partial charge in [-0.05, 0) is 18.0 Å². The van der Waals surface area contributed by atoms with Crippen LogP contribution < -0.4 is 4.90 Å². The number of sulfonamides is 1. The van der Waals surface area contributed by atoms with Gasteiger partial charge in [0.15, 0.2) is 5.15 Å². The van der Waals surface area contributed by atoms with Crippen molar-refractivity contribution >= 4 is 38.2 Å². The van der Waals surface area contributed by atoms with Gasteiger partial charge in [-0.3, -0.25) is 0 Å². The summed E-state index contributed by atoms with van der Waals surface area (Å²) in [5.41, 5.74) is 0.364. The Morgan fingerprint density at radius 1 is 1.41 bits per heavy atom. The van der Waals surface area contributed by atoms with Crippen LogP contribution in [0, 0.1) is 11.3 Å². The number of methoxy groups -OCH3 is 1. The van der Waals surface area contributed by atoms with Gasteiger partial charge in [-0.25, -0.2) is 8.42 Å². The van der Waals surface area contributed by atoms with E-state index < -0.39 is 10.0 Å². The number of aromatic nitrogens is 1. The minimum Gasteiger partial charge on any atom is -0.385 e. The van der Waals surface area contributed by atoms with Gasteiger partial charge in [-0.2, -0.15) is 13.9 Å². The number of nitriles is 1. The maximum absolute atomic E-state index is 12.2. The Morgan fingerprint density at radius 3 is 2.68 bits per heavy atom. The van der Waals surface area contributed by atoms with Crippen LogP contribution in [-0.4, -0.2) is 62.7 Å². The van der Waals surface area contributed by atoms with E-state index in [1.54, 1.807) is 7.11 Å². The van der Waals surface area contributed by atoms with E-state index in [0.29, 0.717) is 49.8 Å². The van der Waals surface area contributed by atoms with Crippen LogP contribution in [0.3, 0.4) is 0 Å². The van der Waals surface area contributed by atoms with E-state index in [1.165, 1.54) is 15.8 Å². The Morgan fingerprint density at radius 2 is 2.09 bits per heavy atom. The van der Waals surface area contributed by atoms with Crippen molar-refractivity contribution in [1.29, 1.82) is 5.26 Å². The maximum atomic E-state index is 12.2. The lowest BCUT2D eigenvalue weighted by Crippen LogP contribution is -2.49. The van der Waals surface area contributed by atoms with E-state index in [1.807, 2.05) is 11.0 Å². The van der Waals surface area contributed by atoms with Crippen molar-refractivity contribution in [3.8, 4) is 6.07 Å². The van der Waals surface area contributed by atoms with Crippen molar-refractivity contribution in [2.24, 2.45) is 0 Å². The SMILES string of the molecule is COCCCS(=O)(=O)N1CCN(c2snc(Cl)c2C#N)CC1. The first-order chi connectivity index (χ1) is 10.5. The summed E-state index contributed by atoms with van der Waals surface area (Å²) < 4.78 is 34.8. The van der Waals surface area contributed by atoms with Crippen LogP contribution in [0.15, 0.2) is 0 Å². The van der Waals surface area contributed by atoms with E-state index in [-0.39, 0.29) is 10.9 Å². The van der Waals surface area contributed by atoms with Gasteiger partial charge in [0.05, 0.1) is 5.75 Å². The number of piperazine rings is 1. The van der Waals surface area contributed by atoms with Crippen LogP contribution in [0.5, 0.6) is 0 Å². The predicted molar refractivity (Wildman–Crippen MR) is 85.9 cm³/mol. The van der Waals surface area contributed by atoms with Crippen LogP contribution in [-0.2, 0) is 14.8 Å². The van der Waals surface area contributed by atoms with Gasteiger partial charge in [-0.15, -0.1) is 0 Å². The van der Waals surface area contributed by atoms with E-state index in [4.69, 9.17) is 21.6 Å². The van der Waals surface area contributed by atoms with Gasteiger partial charge in [-0.1, -0.05) is 11.6 Å². The van der Waals surface area contributed by atoms with E-state index >= 15 is 0 Å². The highest BCUT2D eigenvalue weighted by molar-refractivity contribution is 7.89. The Balaban J connectivity index is 1.97. The number of ether oxygens (including phenoxy) is 1. The third-order valence-electron chi connectivity index (χ3n) is 3.41. The molecule has 0 spiro atoms. The van der Waals surface area contributed by atoms with Crippen molar-refractivity contribution in [2.45, 2.75) is 6.42 Å². The van der Waals surface area contributed by atoms with E-state index in [0.717, 1.165) is 0 Å². The van der Waals surface area contributed by atoms with Crippen LogP contribution in [0.25, 0.3) is 0 Å². The van der Waals surface area contributed by atoms with Crippen LogP contribution in [0.2, 0.25) is 5.15 Å². The van der Waals surface area contributed by atoms with Crippen LogP contribution >= 0.6 is 23.1 Å². The minimum absolute atomic E-state index is 0.0939. The summed E-state index contributed by atoms with van der Waals surface area (Å²) in [5.74, 6) is 0.0939. The van der Waals surface area contributed by atoms with Crippen LogP contribution in [0.4, 0.5) is 5.00 Å². The van der Waals surface area contributed by atoms with Gasteiger partial charge >= 0.3 is 0 Å². The monoisotopic (exact) mass is 364 g/mol. The molecule has 122 valence electrons. The molecule has 0 aliphatic carbocycles. The normalized spacial score (nSPS) is 16.7. The highest BCUT2D eigenvalue weighted by Gasteiger charge is 2.28. The highest BCUT2D eigenvalue weighted by atomic mass is 35.5. The van der Waals surface area contributed by atoms with Crippen molar-refractivity contribution < 1.29 is 13.2 Å². The smallest absolute Gasteiger partial charge is 0.214 e. The number of halogens is 1. The van der Waals surface area contributed by atoms with Crippen molar-refractivity contribution in [2.75, 3.05) is 50.5 Å². The van der Waals surface area contributed by atoms with E-state index in [2.05, 4.69) is 4.37 Å². The number of anilines is 1. The molecule has 0 bridgehead atoms. The summed E-state index contributed by atoms with van der Waals surface area (Å²) in [6, 6.07) is 2.05. The first-order valence-corrected chi connectivity index (χ1v) is 9.52. The first-order valence-electron chi connectivity index (χ1n) is 6.76. The van der Waals surface area contributed by atoms with Gasteiger partial charge in [0.2, 0.25) is 10.0 Å². The van der Waals surface area contributed by atoms with Crippen LogP contribution in [0.1, 0.15) is 12.0 Å². The Bertz CT molecular complexity index is 648. The molecule has 1 fully saturated rings. The molecule has 0 N–H and O–H groups in total. The summed E-state index contributed by atoms with van der Waals surface area (Å²) in [6.45, 7) is 2.28. The molecule has 22 heavy (non-hydrogen) atoms. The predicted octanol–water partition coefficient (Wildman–Crippen LogP) is 1.16. The molecule has 2 rings (SSSR count). The summed E-state index contributed by atoms with van der Waals surface area (Å²) in [6.07, 6.45) is 0.488. The summed E-state index contributed by atoms with van der Waals surface area (Å²) in [5, 5.41) is 10.0. The molecule has 1 aliphatic rings. The molecule has 7 nitrogen and oxygen atoms in total. The van der Waals surface area contributed by atoms with Crippen molar-refractivity contribution in [3.63, 3.8) is 0 Å². The summed E-state index contributed by atoms with van der Waals surface area (Å²) in [7, 11) is -1.69. The third kappa shape index (κ3) is 3.88. The lowest BCUT2D eigenvalue weighted by molar-refractivity contribution is 0.199. The fourth-order valence-electron chi connectivity index (χ4n) is 2.26. The number of nitrogens with zero attached hydrogens (tertiary/aromatic N) is 4. The molecule has 0 amide bonds.